The lowest BCUT2D eigenvalue weighted by Crippen LogP contribution is -2.40. The van der Waals surface area contributed by atoms with Crippen LogP contribution in [0, 0.1) is 6.92 Å². The first-order valence-electron chi connectivity index (χ1n) is 10.8. The number of aromatic nitrogens is 2. The van der Waals surface area contributed by atoms with Gasteiger partial charge in [-0.3, -0.25) is 4.57 Å². The minimum absolute atomic E-state index is 0.0531. The van der Waals surface area contributed by atoms with Crippen LogP contribution in [0.5, 0.6) is 0 Å². The summed E-state index contributed by atoms with van der Waals surface area (Å²) in [5, 5.41) is 2.61. The van der Waals surface area contributed by atoms with E-state index >= 15 is 0 Å². The molecule has 4 aromatic rings. The zero-order chi connectivity index (χ0) is 23.4. The van der Waals surface area contributed by atoms with Crippen LogP contribution in [0.3, 0.4) is 0 Å². The molecule has 0 saturated heterocycles. The SMILES string of the molecule is CCc1nc2ccccc2n1-c1ccc(CCNC(=O)NS(=O)(=O)c2ccc(C)cc2)cc1. The molecule has 0 aliphatic heterocycles. The van der Waals surface area contributed by atoms with Crippen LogP contribution in [-0.2, 0) is 22.9 Å². The Balaban J connectivity index is 1.37. The number of carbonyl (C=O) groups excluding carboxylic acids is 1. The zero-order valence-corrected chi connectivity index (χ0v) is 19.4. The van der Waals surface area contributed by atoms with Crippen molar-refractivity contribution in [1.82, 2.24) is 19.6 Å². The highest BCUT2D eigenvalue weighted by Crippen LogP contribution is 2.22. The second-order valence-corrected chi connectivity index (χ2v) is 9.48. The van der Waals surface area contributed by atoms with Crippen LogP contribution in [0.2, 0.25) is 0 Å². The molecule has 0 aliphatic carbocycles. The molecule has 0 spiro atoms. The number of fused-ring (bicyclic) bond motifs is 1. The first kappa shape index (κ1) is 22.5. The summed E-state index contributed by atoms with van der Waals surface area (Å²) in [5.74, 6) is 0.997. The summed E-state index contributed by atoms with van der Waals surface area (Å²) >= 11 is 0. The molecule has 0 aliphatic rings. The maximum atomic E-state index is 12.3. The Morgan fingerprint density at radius 3 is 2.36 bits per heavy atom. The highest BCUT2D eigenvalue weighted by Gasteiger charge is 2.17. The van der Waals surface area contributed by atoms with Gasteiger partial charge in [0.25, 0.3) is 10.0 Å². The number of benzene rings is 3. The number of aryl methyl sites for hydroxylation is 2. The van der Waals surface area contributed by atoms with Crippen molar-refractivity contribution in [2.75, 3.05) is 6.54 Å². The topological polar surface area (TPSA) is 93.1 Å². The van der Waals surface area contributed by atoms with E-state index in [1.165, 1.54) is 12.1 Å². The standard InChI is InChI=1S/C25H26N4O3S/c1-3-24-27-22-6-4-5-7-23(22)29(24)20-12-10-19(11-13-20)16-17-26-25(30)28-33(31,32)21-14-8-18(2)9-15-21/h4-15H,3,16-17H2,1-2H3,(H2,26,28,30). The summed E-state index contributed by atoms with van der Waals surface area (Å²) in [7, 11) is -3.90. The molecule has 1 aromatic heterocycles. The number of carbonyl (C=O) groups is 1. The van der Waals surface area contributed by atoms with Gasteiger partial charge in [0.15, 0.2) is 0 Å². The number of rotatable bonds is 7. The number of nitrogens with one attached hydrogen (secondary N) is 2. The van der Waals surface area contributed by atoms with Gasteiger partial charge in [0, 0.05) is 18.7 Å². The van der Waals surface area contributed by atoms with E-state index in [2.05, 4.69) is 22.9 Å². The molecule has 7 nitrogen and oxygen atoms in total. The second-order valence-electron chi connectivity index (χ2n) is 7.80. The molecular weight excluding hydrogens is 436 g/mol. The van der Waals surface area contributed by atoms with Gasteiger partial charge in [0.05, 0.1) is 15.9 Å². The van der Waals surface area contributed by atoms with E-state index in [9.17, 15) is 13.2 Å². The number of hydrogen-bond donors (Lipinski definition) is 2. The Labute approximate surface area is 193 Å². The molecule has 33 heavy (non-hydrogen) atoms. The average molecular weight is 463 g/mol. The number of amides is 2. The number of urea groups is 1. The summed E-state index contributed by atoms with van der Waals surface area (Å²) in [5.41, 5.74) is 5.03. The number of nitrogens with zero attached hydrogens (tertiary/aromatic N) is 2. The quantitative estimate of drug-likeness (QED) is 0.432. The van der Waals surface area contributed by atoms with Gasteiger partial charge in [-0.2, -0.15) is 0 Å². The van der Waals surface area contributed by atoms with E-state index in [4.69, 9.17) is 4.98 Å². The van der Waals surface area contributed by atoms with Gasteiger partial charge in [-0.05, 0) is 55.3 Å². The van der Waals surface area contributed by atoms with Crippen molar-refractivity contribution < 1.29 is 13.2 Å². The second kappa shape index (κ2) is 9.46. The molecule has 0 unspecified atom stereocenters. The van der Waals surface area contributed by atoms with Crippen molar-refractivity contribution in [3.05, 3.63) is 89.7 Å². The molecule has 1 heterocycles. The minimum Gasteiger partial charge on any atom is -0.337 e. The van der Waals surface area contributed by atoms with Crippen LogP contribution >= 0.6 is 0 Å². The lowest BCUT2D eigenvalue weighted by atomic mass is 10.1. The summed E-state index contributed by atoms with van der Waals surface area (Å²) in [4.78, 5) is 16.8. The predicted octanol–water partition coefficient (Wildman–Crippen LogP) is 4.13. The molecule has 0 atom stereocenters. The Morgan fingerprint density at radius 1 is 0.970 bits per heavy atom. The molecule has 4 rings (SSSR count). The highest BCUT2D eigenvalue weighted by molar-refractivity contribution is 7.90. The van der Waals surface area contributed by atoms with E-state index in [0.29, 0.717) is 13.0 Å². The predicted molar refractivity (Wildman–Crippen MR) is 129 cm³/mol. The minimum atomic E-state index is -3.90. The van der Waals surface area contributed by atoms with Crippen LogP contribution in [0.25, 0.3) is 16.7 Å². The van der Waals surface area contributed by atoms with Gasteiger partial charge in [-0.15, -0.1) is 0 Å². The van der Waals surface area contributed by atoms with Crippen molar-refractivity contribution in [1.29, 1.82) is 0 Å². The maximum Gasteiger partial charge on any atom is 0.328 e. The lowest BCUT2D eigenvalue weighted by Gasteiger charge is -2.11. The zero-order valence-electron chi connectivity index (χ0n) is 18.6. The molecule has 8 heteroatoms. The maximum absolute atomic E-state index is 12.3. The Hall–Kier alpha value is -3.65. The smallest absolute Gasteiger partial charge is 0.328 e. The van der Waals surface area contributed by atoms with E-state index in [0.717, 1.165) is 40.1 Å². The first-order valence-corrected chi connectivity index (χ1v) is 12.3. The van der Waals surface area contributed by atoms with Crippen molar-refractivity contribution in [3.63, 3.8) is 0 Å². The third-order valence-electron chi connectivity index (χ3n) is 5.40. The fourth-order valence-electron chi connectivity index (χ4n) is 3.67. The third-order valence-corrected chi connectivity index (χ3v) is 6.75. The van der Waals surface area contributed by atoms with Crippen LogP contribution < -0.4 is 10.0 Å². The van der Waals surface area contributed by atoms with Gasteiger partial charge < -0.3 is 5.32 Å². The Morgan fingerprint density at radius 2 is 1.67 bits per heavy atom. The van der Waals surface area contributed by atoms with Gasteiger partial charge in [-0.25, -0.2) is 22.9 Å². The van der Waals surface area contributed by atoms with Crippen LogP contribution in [0.15, 0.2) is 77.7 Å². The van der Waals surface area contributed by atoms with Crippen LogP contribution in [0.4, 0.5) is 4.79 Å². The van der Waals surface area contributed by atoms with Crippen LogP contribution in [-0.4, -0.2) is 30.5 Å². The van der Waals surface area contributed by atoms with E-state index in [1.54, 1.807) is 12.1 Å². The fourth-order valence-corrected chi connectivity index (χ4v) is 4.60. The summed E-state index contributed by atoms with van der Waals surface area (Å²) in [6.45, 7) is 4.26. The monoisotopic (exact) mass is 462 g/mol. The van der Waals surface area contributed by atoms with E-state index in [-0.39, 0.29) is 4.90 Å². The van der Waals surface area contributed by atoms with Gasteiger partial charge in [-0.1, -0.05) is 48.9 Å². The lowest BCUT2D eigenvalue weighted by molar-refractivity contribution is 0.246. The average Bonchev–Trinajstić information content (AvgIpc) is 3.18. The molecule has 0 fully saturated rings. The van der Waals surface area contributed by atoms with E-state index in [1.807, 2.05) is 54.1 Å². The van der Waals surface area contributed by atoms with Gasteiger partial charge in [0.1, 0.15) is 5.82 Å². The van der Waals surface area contributed by atoms with Gasteiger partial charge in [0.2, 0.25) is 0 Å². The number of para-hydroxylation sites is 2. The normalized spacial score (nSPS) is 11.5. The number of imidazole rings is 1. The van der Waals surface area contributed by atoms with Crippen molar-refractivity contribution >= 4 is 27.1 Å². The molecule has 170 valence electrons. The third kappa shape index (κ3) is 5.06. The number of sulfonamides is 1. The van der Waals surface area contributed by atoms with Crippen molar-refractivity contribution in [2.45, 2.75) is 31.6 Å². The van der Waals surface area contributed by atoms with E-state index < -0.39 is 16.1 Å². The molecule has 2 N–H and O–H groups in total. The van der Waals surface area contributed by atoms with Crippen molar-refractivity contribution in [2.24, 2.45) is 0 Å². The fraction of sp³-hybridized carbons (Fsp3) is 0.200. The molecule has 0 saturated carbocycles. The largest absolute Gasteiger partial charge is 0.337 e. The Bertz CT molecular complexity index is 1380. The summed E-state index contributed by atoms with van der Waals surface area (Å²) < 4.78 is 28.8. The summed E-state index contributed by atoms with van der Waals surface area (Å²) in [6.07, 6.45) is 1.39. The molecule has 0 radical (unpaired) electrons. The first-order chi connectivity index (χ1) is 15.9. The molecule has 0 bridgehead atoms. The molecule has 2 amide bonds. The van der Waals surface area contributed by atoms with Crippen molar-refractivity contribution in [3.8, 4) is 5.69 Å². The molecular formula is C25H26N4O3S. The Kier molecular flexibility index (Phi) is 6.46. The highest BCUT2D eigenvalue weighted by atomic mass is 32.2. The van der Waals surface area contributed by atoms with Gasteiger partial charge >= 0.3 is 6.03 Å². The number of hydrogen-bond acceptors (Lipinski definition) is 4. The molecule has 3 aromatic carbocycles. The summed E-state index contributed by atoms with van der Waals surface area (Å²) in [6, 6.07) is 21.7. The van der Waals surface area contributed by atoms with Crippen LogP contribution in [0.1, 0.15) is 23.9 Å².